The first-order valence-corrected chi connectivity index (χ1v) is 7.84. The highest BCUT2D eigenvalue weighted by atomic mass is 19.2. The number of hydrogen-bond acceptors (Lipinski definition) is 3. The molecule has 1 aliphatic carbocycles. The minimum atomic E-state index is -3.38. The topological polar surface area (TPSA) is 48.3 Å². The maximum absolute atomic E-state index is 13.8. The van der Waals surface area contributed by atoms with E-state index in [0.717, 1.165) is 19.0 Å². The molecule has 1 aromatic heterocycles. The molecule has 134 valence electrons. The van der Waals surface area contributed by atoms with Crippen LogP contribution in [-0.4, -0.2) is 18.0 Å². The number of pyridine rings is 1. The molecule has 4 nitrogen and oxygen atoms in total. The number of aryl methyl sites for hydroxylation is 1. The summed E-state index contributed by atoms with van der Waals surface area (Å²) < 4.78 is 57.0. The molecule has 0 amide bonds. The van der Waals surface area contributed by atoms with E-state index in [2.05, 4.69) is 4.65 Å². The molecule has 1 heterocycles. The summed E-state index contributed by atoms with van der Waals surface area (Å²) in [6.45, 7) is 5.32. The molecule has 0 saturated heterocycles. The van der Waals surface area contributed by atoms with Crippen molar-refractivity contribution in [3.8, 4) is 0 Å². The highest BCUT2D eigenvalue weighted by Gasteiger charge is 2.31. The highest BCUT2D eigenvalue weighted by molar-refractivity contribution is 6.38. The first kappa shape index (κ1) is 19.0. The maximum Gasteiger partial charge on any atom is 0.798 e. The van der Waals surface area contributed by atoms with Crippen molar-refractivity contribution in [2.24, 2.45) is 0 Å². The van der Waals surface area contributed by atoms with Gasteiger partial charge in [-0.25, -0.2) is 22.2 Å². The molecule has 1 aliphatic rings. The van der Waals surface area contributed by atoms with Crippen LogP contribution >= 0.6 is 0 Å². The van der Waals surface area contributed by atoms with Crippen molar-refractivity contribution in [3.63, 3.8) is 0 Å². The van der Waals surface area contributed by atoms with E-state index in [9.17, 15) is 27.0 Å². The number of fused-ring (bicyclic) bond motifs is 1. The summed E-state index contributed by atoms with van der Waals surface area (Å²) in [4.78, 5) is 24.0. The SMILES string of the molecule is CC.Cc1c(F)c(F)cc2c(=O)c(C(=O)OB(F)F)cn(C3CC3)c12. The number of nitrogens with zero attached hydrogens (tertiary/aromatic N) is 1. The lowest BCUT2D eigenvalue weighted by Gasteiger charge is -2.15. The van der Waals surface area contributed by atoms with Gasteiger partial charge in [-0.3, -0.25) is 4.79 Å². The van der Waals surface area contributed by atoms with E-state index in [-0.39, 0.29) is 22.5 Å². The Bertz CT molecular complexity index is 878. The van der Waals surface area contributed by atoms with Gasteiger partial charge >= 0.3 is 13.4 Å². The number of carbonyl (C=O) groups excluding carboxylic acids is 1. The summed E-state index contributed by atoms with van der Waals surface area (Å²) in [5, 5.41) is -0.239. The molecule has 1 aromatic carbocycles. The standard InChI is InChI=1S/C14H10BF4NO3.C2H6/c1-6-11(17)10(16)4-8-12(6)20(7-2-3-7)5-9(13(8)21)14(22)23-15(18)19;1-2/h4-5,7H,2-3H2,1H3;1-2H3. The van der Waals surface area contributed by atoms with Gasteiger partial charge in [0.15, 0.2) is 11.6 Å². The molecule has 25 heavy (non-hydrogen) atoms. The van der Waals surface area contributed by atoms with Gasteiger partial charge < -0.3 is 9.22 Å². The minimum Gasteiger partial charge on any atom is -0.474 e. The van der Waals surface area contributed by atoms with Crippen LogP contribution in [0, 0.1) is 18.6 Å². The Balaban J connectivity index is 0.00000109. The van der Waals surface area contributed by atoms with Gasteiger partial charge in [0.1, 0.15) is 5.56 Å². The van der Waals surface area contributed by atoms with Gasteiger partial charge in [0.05, 0.1) is 5.52 Å². The summed E-state index contributed by atoms with van der Waals surface area (Å²) in [6, 6.07) is 0.581. The first-order chi connectivity index (χ1) is 11.8. The Morgan fingerprint density at radius 2 is 1.88 bits per heavy atom. The largest absolute Gasteiger partial charge is 0.798 e. The number of hydrogen-bond donors (Lipinski definition) is 0. The Hall–Kier alpha value is -2.32. The zero-order valence-corrected chi connectivity index (χ0v) is 13.9. The van der Waals surface area contributed by atoms with Crippen molar-refractivity contribution < 1.29 is 26.9 Å². The Morgan fingerprint density at radius 3 is 2.40 bits per heavy atom. The molecule has 0 atom stereocenters. The molecular weight excluding hydrogens is 341 g/mol. The molecule has 0 bridgehead atoms. The van der Waals surface area contributed by atoms with Gasteiger partial charge in [-0.05, 0) is 25.8 Å². The summed E-state index contributed by atoms with van der Waals surface area (Å²) in [7, 11) is -3.38. The van der Waals surface area contributed by atoms with Crippen LogP contribution in [-0.2, 0) is 4.65 Å². The molecule has 1 saturated carbocycles. The Morgan fingerprint density at radius 1 is 1.28 bits per heavy atom. The van der Waals surface area contributed by atoms with Crippen molar-refractivity contribution >= 4 is 24.3 Å². The minimum absolute atomic E-state index is 0.0715. The third kappa shape index (κ3) is 3.55. The monoisotopic (exact) mass is 357 g/mol. The van der Waals surface area contributed by atoms with Gasteiger partial charge in [0.2, 0.25) is 5.43 Å². The van der Waals surface area contributed by atoms with Crippen LogP contribution in [0.25, 0.3) is 10.9 Å². The third-order valence-corrected chi connectivity index (χ3v) is 3.79. The van der Waals surface area contributed by atoms with Gasteiger partial charge in [-0.15, -0.1) is 0 Å². The number of benzene rings is 1. The quantitative estimate of drug-likeness (QED) is 0.616. The number of rotatable bonds is 3. The summed E-state index contributed by atoms with van der Waals surface area (Å²) in [6.07, 6.45) is 2.52. The molecule has 0 aliphatic heterocycles. The molecule has 2 aromatic rings. The lowest BCUT2D eigenvalue weighted by molar-refractivity contribution is 0.0693. The van der Waals surface area contributed by atoms with E-state index in [1.807, 2.05) is 13.8 Å². The predicted molar refractivity (Wildman–Crippen MR) is 85.9 cm³/mol. The van der Waals surface area contributed by atoms with E-state index in [0.29, 0.717) is 6.07 Å². The number of carbonyl (C=O) groups is 1. The molecule has 0 N–H and O–H groups in total. The zero-order chi connectivity index (χ0) is 18.9. The fourth-order valence-corrected chi connectivity index (χ4v) is 2.59. The van der Waals surface area contributed by atoms with Crippen molar-refractivity contribution in [1.29, 1.82) is 0 Å². The molecule has 3 rings (SSSR count). The fourth-order valence-electron chi connectivity index (χ4n) is 2.59. The molecule has 9 heteroatoms. The molecule has 0 spiro atoms. The number of aromatic nitrogens is 1. The van der Waals surface area contributed by atoms with Gasteiger partial charge in [-0.2, -0.15) is 0 Å². The third-order valence-electron chi connectivity index (χ3n) is 3.79. The van der Waals surface area contributed by atoms with Crippen molar-refractivity contribution in [2.45, 2.75) is 39.7 Å². The summed E-state index contributed by atoms with van der Waals surface area (Å²) in [5.41, 5.74) is -1.51. The molecule has 1 fully saturated rings. The smallest absolute Gasteiger partial charge is 0.474 e. The lowest BCUT2D eigenvalue weighted by Crippen LogP contribution is -2.24. The van der Waals surface area contributed by atoms with Gasteiger partial charge in [0.25, 0.3) is 0 Å². The second-order valence-corrected chi connectivity index (χ2v) is 5.37. The number of halogens is 4. The van der Waals surface area contributed by atoms with Crippen LogP contribution in [0.4, 0.5) is 17.4 Å². The molecule has 0 radical (unpaired) electrons. The van der Waals surface area contributed by atoms with Crippen LogP contribution in [0.5, 0.6) is 0 Å². The van der Waals surface area contributed by atoms with Crippen LogP contribution < -0.4 is 5.43 Å². The fraction of sp³-hybridized carbons (Fsp3) is 0.375. The Labute approximate surface area is 141 Å². The second-order valence-electron chi connectivity index (χ2n) is 5.37. The lowest BCUT2D eigenvalue weighted by atomic mass is 10.1. The first-order valence-electron chi connectivity index (χ1n) is 7.84. The van der Waals surface area contributed by atoms with Crippen LogP contribution in [0.1, 0.15) is 48.7 Å². The highest BCUT2D eigenvalue weighted by Crippen LogP contribution is 2.38. The zero-order valence-electron chi connectivity index (χ0n) is 13.9. The molecular formula is C16H16BF4NO3. The van der Waals surface area contributed by atoms with Crippen molar-refractivity contribution in [3.05, 3.63) is 45.2 Å². The van der Waals surface area contributed by atoms with Gasteiger partial charge in [0, 0.05) is 23.2 Å². The van der Waals surface area contributed by atoms with E-state index in [4.69, 9.17) is 0 Å². The summed E-state index contributed by atoms with van der Waals surface area (Å²) in [5.74, 6) is -3.83. The second kappa shape index (κ2) is 7.29. The molecule has 0 unspecified atom stereocenters. The van der Waals surface area contributed by atoms with Crippen LogP contribution in [0.2, 0.25) is 0 Å². The van der Waals surface area contributed by atoms with Crippen molar-refractivity contribution in [1.82, 2.24) is 4.57 Å². The average Bonchev–Trinajstić information content (AvgIpc) is 3.39. The van der Waals surface area contributed by atoms with E-state index < -0.39 is 36.1 Å². The maximum atomic E-state index is 13.8. The van der Waals surface area contributed by atoms with E-state index >= 15 is 0 Å². The van der Waals surface area contributed by atoms with Crippen LogP contribution in [0.15, 0.2) is 17.1 Å². The average molecular weight is 357 g/mol. The van der Waals surface area contributed by atoms with E-state index in [1.165, 1.54) is 11.5 Å². The Kier molecular flexibility index (Phi) is 5.54. The van der Waals surface area contributed by atoms with Crippen LogP contribution in [0.3, 0.4) is 0 Å². The van der Waals surface area contributed by atoms with E-state index in [1.54, 1.807) is 0 Å². The van der Waals surface area contributed by atoms with Gasteiger partial charge in [-0.1, -0.05) is 13.8 Å². The van der Waals surface area contributed by atoms with Crippen molar-refractivity contribution in [2.75, 3.05) is 0 Å². The summed E-state index contributed by atoms with van der Waals surface area (Å²) >= 11 is 0. The predicted octanol–water partition coefficient (Wildman–Crippen LogP) is 4.03. The normalized spacial score (nSPS) is 13.2.